The van der Waals surface area contributed by atoms with Gasteiger partial charge >= 0.3 is 0 Å². The van der Waals surface area contributed by atoms with E-state index in [-0.39, 0.29) is 24.1 Å². The molecule has 0 aromatic heterocycles. The molecule has 30 heavy (non-hydrogen) atoms. The van der Waals surface area contributed by atoms with Crippen molar-refractivity contribution in [2.45, 2.75) is 13.3 Å². The molecule has 0 atom stereocenters. The summed E-state index contributed by atoms with van der Waals surface area (Å²) >= 11 is 6.27. The molecule has 8 heteroatoms. The molecule has 0 spiro atoms. The molecule has 0 aliphatic carbocycles. The van der Waals surface area contributed by atoms with Crippen molar-refractivity contribution in [1.82, 2.24) is 9.80 Å². The Kier molecular flexibility index (Phi) is 7.15. The van der Waals surface area contributed by atoms with Gasteiger partial charge in [-0.3, -0.25) is 9.59 Å². The van der Waals surface area contributed by atoms with Crippen LogP contribution in [0.3, 0.4) is 0 Å². The average molecular weight is 435 g/mol. The van der Waals surface area contributed by atoms with Crippen molar-refractivity contribution in [3.63, 3.8) is 0 Å². The van der Waals surface area contributed by atoms with E-state index < -0.39 is 0 Å². The third-order valence-corrected chi connectivity index (χ3v) is 5.23. The average Bonchev–Trinajstić information content (AvgIpc) is 2.76. The third-order valence-electron chi connectivity index (χ3n) is 4.95. The summed E-state index contributed by atoms with van der Waals surface area (Å²) in [6.07, 6.45) is 0.208. The molecule has 0 radical (unpaired) electrons. The summed E-state index contributed by atoms with van der Waals surface area (Å²) in [5, 5.41) is 0.313. The molecule has 2 aromatic carbocycles. The van der Waals surface area contributed by atoms with Gasteiger partial charge in [0.05, 0.1) is 25.2 Å². The molecule has 0 unspecified atom stereocenters. The standard InChI is InChI=1S/C22H24ClFN2O4/c1-3-30-21-18(23)13-16(14-19(21)29-2)22(28)26-10-8-25(9-11-26)20(27)12-15-4-6-17(24)7-5-15/h4-7,13-14H,3,8-12H2,1-2H3. The molecular formula is C22H24ClFN2O4. The van der Waals surface area contributed by atoms with Crippen LogP contribution < -0.4 is 9.47 Å². The maximum absolute atomic E-state index is 13.0. The van der Waals surface area contributed by atoms with Gasteiger partial charge in [0.25, 0.3) is 5.91 Å². The Balaban J connectivity index is 1.61. The Labute approximate surface area is 180 Å². The first-order chi connectivity index (χ1) is 14.4. The Morgan fingerprint density at radius 3 is 2.30 bits per heavy atom. The van der Waals surface area contributed by atoms with Crippen LogP contribution in [-0.2, 0) is 11.2 Å². The van der Waals surface area contributed by atoms with Crippen molar-refractivity contribution in [2.75, 3.05) is 39.9 Å². The first kappa shape index (κ1) is 21.9. The number of amides is 2. The minimum atomic E-state index is -0.329. The summed E-state index contributed by atoms with van der Waals surface area (Å²) in [6.45, 7) is 3.98. The number of carbonyl (C=O) groups excluding carboxylic acids is 2. The predicted molar refractivity (Wildman–Crippen MR) is 112 cm³/mol. The van der Waals surface area contributed by atoms with Crippen LogP contribution in [0.2, 0.25) is 5.02 Å². The molecule has 2 amide bonds. The van der Waals surface area contributed by atoms with Gasteiger partial charge in [-0.2, -0.15) is 0 Å². The molecule has 1 aliphatic rings. The molecule has 0 N–H and O–H groups in total. The Morgan fingerprint density at radius 2 is 1.70 bits per heavy atom. The number of nitrogens with zero attached hydrogens (tertiary/aromatic N) is 2. The zero-order valence-corrected chi connectivity index (χ0v) is 17.7. The van der Waals surface area contributed by atoms with Crippen molar-refractivity contribution >= 4 is 23.4 Å². The van der Waals surface area contributed by atoms with Crippen LogP contribution >= 0.6 is 11.6 Å². The van der Waals surface area contributed by atoms with E-state index in [1.54, 1.807) is 34.1 Å². The highest BCUT2D eigenvalue weighted by Gasteiger charge is 2.26. The van der Waals surface area contributed by atoms with Gasteiger partial charge in [0.2, 0.25) is 5.91 Å². The lowest BCUT2D eigenvalue weighted by Crippen LogP contribution is -2.51. The number of hydrogen-bond acceptors (Lipinski definition) is 4. The van der Waals surface area contributed by atoms with Crippen LogP contribution in [0.1, 0.15) is 22.8 Å². The zero-order valence-electron chi connectivity index (χ0n) is 17.0. The fourth-order valence-electron chi connectivity index (χ4n) is 3.36. The molecule has 1 heterocycles. The number of benzene rings is 2. The van der Waals surface area contributed by atoms with Crippen molar-refractivity contribution in [1.29, 1.82) is 0 Å². The molecule has 6 nitrogen and oxygen atoms in total. The van der Waals surface area contributed by atoms with Crippen LogP contribution in [0, 0.1) is 5.82 Å². The summed E-state index contributed by atoms with van der Waals surface area (Å²) in [5.74, 6) is 0.267. The molecule has 1 aliphatic heterocycles. The van der Waals surface area contributed by atoms with Gasteiger partial charge in [0.1, 0.15) is 5.82 Å². The first-order valence-electron chi connectivity index (χ1n) is 9.74. The topological polar surface area (TPSA) is 59.1 Å². The summed E-state index contributed by atoms with van der Waals surface area (Å²) in [5.41, 5.74) is 1.17. The lowest BCUT2D eigenvalue weighted by atomic mass is 10.1. The zero-order chi connectivity index (χ0) is 21.7. The fourth-order valence-corrected chi connectivity index (χ4v) is 3.62. The normalized spacial score (nSPS) is 13.9. The Morgan fingerprint density at radius 1 is 1.07 bits per heavy atom. The second-order valence-corrected chi connectivity index (χ2v) is 7.31. The number of carbonyl (C=O) groups is 2. The first-order valence-corrected chi connectivity index (χ1v) is 10.1. The molecule has 1 saturated heterocycles. The van der Waals surface area contributed by atoms with Gasteiger partial charge in [-0.15, -0.1) is 0 Å². The maximum Gasteiger partial charge on any atom is 0.254 e. The summed E-state index contributed by atoms with van der Waals surface area (Å²) in [6, 6.07) is 9.09. The van der Waals surface area contributed by atoms with Crippen LogP contribution in [0.5, 0.6) is 11.5 Å². The molecular weight excluding hydrogens is 411 g/mol. The minimum Gasteiger partial charge on any atom is -0.493 e. The quantitative estimate of drug-likeness (QED) is 0.699. The number of methoxy groups -OCH3 is 1. The lowest BCUT2D eigenvalue weighted by Gasteiger charge is -2.35. The van der Waals surface area contributed by atoms with Gasteiger partial charge in [0.15, 0.2) is 11.5 Å². The van der Waals surface area contributed by atoms with E-state index in [4.69, 9.17) is 21.1 Å². The van der Waals surface area contributed by atoms with Gasteiger partial charge in [0, 0.05) is 31.7 Å². The molecule has 1 fully saturated rings. The second-order valence-electron chi connectivity index (χ2n) is 6.90. The molecule has 160 valence electrons. The fraction of sp³-hybridized carbons (Fsp3) is 0.364. The van der Waals surface area contributed by atoms with Gasteiger partial charge in [-0.1, -0.05) is 23.7 Å². The SMILES string of the molecule is CCOc1c(Cl)cc(C(=O)N2CCN(C(=O)Cc3ccc(F)cc3)CC2)cc1OC. The summed E-state index contributed by atoms with van der Waals surface area (Å²) < 4.78 is 23.8. The van der Waals surface area contributed by atoms with Gasteiger partial charge < -0.3 is 19.3 Å². The highest BCUT2D eigenvalue weighted by atomic mass is 35.5. The molecule has 0 saturated carbocycles. The predicted octanol–water partition coefficient (Wildman–Crippen LogP) is 3.41. The molecule has 0 bridgehead atoms. The number of piperazine rings is 1. The van der Waals surface area contributed by atoms with E-state index in [2.05, 4.69) is 0 Å². The number of halogens is 2. The van der Waals surface area contributed by atoms with Crippen LogP contribution in [0.15, 0.2) is 36.4 Å². The van der Waals surface area contributed by atoms with Crippen molar-refractivity contribution in [2.24, 2.45) is 0 Å². The second kappa shape index (κ2) is 9.80. The van der Waals surface area contributed by atoms with Gasteiger partial charge in [-0.05, 0) is 36.8 Å². The smallest absolute Gasteiger partial charge is 0.254 e. The highest BCUT2D eigenvalue weighted by Crippen LogP contribution is 2.36. The van der Waals surface area contributed by atoms with E-state index in [1.165, 1.54) is 19.2 Å². The van der Waals surface area contributed by atoms with E-state index in [1.807, 2.05) is 6.92 Å². The Hall–Kier alpha value is -2.80. The number of hydrogen-bond donors (Lipinski definition) is 0. The number of rotatable bonds is 6. The van der Waals surface area contributed by atoms with E-state index >= 15 is 0 Å². The monoisotopic (exact) mass is 434 g/mol. The van der Waals surface area contributed by atoms with E-state index in [0.717, 1.165) is 5.56 Å². The lowest BCUT2D eigenvalue weighted by molar-refractivity contribution is -0.131. The van der Waals surface area contributed by atoms with Crippen LogP contribution in [0.4, 0.5) is 4.39 Å². The van der Waals surface area contributed by atoms with E-state index in [0.29, 0.717) is 54.9 Å². The Bertz CT molecular complexity index is 912. The minimum absolute atomic E-state index is 0.0421. The van der Waals surface area contributed by atoms with Crippen LogP contribution in [0.25, 0.3) is 0 Å². The largest absolute Gasteiger partial charge is 0.493 e. The third kappa shape index (κ3) is 5.02. The molecule has 2 aromatic rings. The molecule has 3 rings (SSSR count). The maximum atomic E-state index is 13.0. The summed E-state index contributed by atoms with van der Waals surface area (Å²) in [4.78, 5) is 28.8. The summed E-state index contributed by atoms with van der Waals surface area (Å²) in [7, 11) is 1.49. The van der Waals surface area contributed by atoms with Crippen molar-refractivity contribution in [3.05, 3.63) is 58.4 Å². The van der Waals surface area contributed by atoms with Gasteiger partial charge in [-0.25, -0.2) is 4.39 Å². The van der Waals surface area contributed by atoms with Crippen molar-refractivity contribution in [3.8, 4) is 11.5 Å². The van der Waals surface area contributed by atoms with E-state index in [9.17, 15) is 14.0 Å². The van der Waals surface area contributed by atoms with Crippen LogP contribution in [-0.4, -0.2) is 61.5 Å². The highest BCUT2D eigenvalue weighted by molar-refractivity contribution is 6.32. The number of ether oxygens (including phenoxy) is 2. The van der Waals surface area contributed by atoms with Crippen molar-refractivity contribution < 1.29 is 23.5 Å².